The van der Waals surface area contributed by atoms with E-state index in [9.17, 15) is 8.60 Å². The van der Waals surface area contributed by atoms with Gasteiger partial charge in [-0.25, -0.2) is 8.60 Å². The minimum atomic E-state index is -1.24. The zero-order valence-electron chi connectivity index (χ0n) is 12.3. The van der Waals surface area contributed by atoms with Crippen molar-refractivity contribution < 1.29 is 17.9 Å². The number of halogens is 1. The third kappa shape index (κ3) is 2.89. The summed E-state index contributed by atoms with van der Waals surface area (Å²) in [6.07, 6.45) is 1.49. The highest BCUT2D eigenvalue weighted by Crippen LogP contribution is 2.36. The van der Waals surface area contributed by atoms with Gasteiger partial charge in [-0.3, -0.25) is 0 Å². The molecule has 1 N–H and O–H groups in total. The number of nitrogens with one attached hydrogen (secondary N) is 1. The molecule has 1 aromatic carbocycles. The van der Waals surface area contributed by atoms with Gasteiger partial charge >= 0.3 is 7.12 Å². The smallest absolute Gasteiger partial charge is 0.399 e. The summed E-state index contributed by atoms with van der Waals surface area (Å²) in [4.78, 5) is 0. The summed E-state index contributed by atoms with van der Waals surface area (Å²) in [5.41, 5.74) is -0.211. The third-order valence-electron chi connectivity index (χ3n) is 3.77. The molecule has 4 nitrogen and oxygen atoms in total. The van der Waals surface area contributed by atoms with E-state index in [-0.39, 0.29) is 0 Å². The molecule has 0 radical (unpaired) electrons. The zero-order chi connectivity index (χ0) is 15.1. The van der Waals surface area contributed by atoms with E-state index in [0.717, 1.165) is 0 Å². The van der Waals surface area contributed by atoms with Crippen molar-refractivity contribution in [1.82, 2.24) is 0 Å². The van der Waals surface area contributed by atoms with Gasteiger partial charge in [-0.1, -0.05) is 6.07 Å². The average Bonchev–Trinajstić information content (AvgIpc) is 2.46. The van der Waals surface area contributed by atoms with Crippen molar-refractivity contribution in [3.63, 3.8) is 0 Å². The molecular weight excluding hydrogens is 280 g/mol. The summed E-state index contributed by atoms with van der Waals surface area (Å²) >= 11 is 0. The molecule has 0 aromatic heterocycles. The van der Waals surface area contributed by atoms with Crippen molar-refractivity contribution in [2.24, 2.45) is 0 Å². The maximum absolute atomic E-state index is 14.2. The van der Waals surface area contributed by atoms with Crippen LogP contribution in [0.5, 0.6) is 0 Å². The number of hydrogen-bond donors (Lipinski definition) is 1. The quantitative estimate of drug-likeness (QED) is 0.866. The highest BCUT2D eigenvalue weighted by atomic mass is 32.2. The Bertz CT molecular complexity index is 534. The van der Waals surface area contributed by atoms with Crippen LogP contribution in [0.2, 0.25) is 0 Å². The summed E-state index contributed by atoms with van der Waals surface area (Å²) in [6, 6.07) is 4.54. The number of benzene rings is 1. The molecule has 110 valence electrons. The van der Waals surface area contributed by atoms with Crippen LogP contribution in [-0.4, -0.2) is 28.8 Å². The molecule has 0 spiro atoms. The lowest BCUT2D eigenvalue weighted by atomic mass is 9.78. The van der Waals surface area contributed by atoms with Gasteiger partial charge in [0, 0.05) is 17.4 Å². The van der Waals surface area contributed by atoms with Gasteiger partial charge in [0.1, 0.15) is 16.8 Å². The first-order valence-corrected chi connectivity index (χ1v) is 7.93. The monoisotopic (exact) mass is 299 g/mol. The largest absolute Gasteiger partial charge is 0.497 e. The molecule has 1 heterocycles. The Balaban J connectivity index is 2.25. The number of rotatable bonds is 3. The predicted octanol–water partition coefficient (Wildman–Crippen LogP) is 1.83. The maximum atomic E-state index is 14.2. The molecule has 7 heteroatoms. The Morgan fingerprint density at radius 1 is 1.20 bits per heavy atom. The molecule has 1 aromatic rings. The van der Waals surface area contributed by atoms with E-state index >= 15 is 0 Å². The van der Waals surface area contributed by atoms with Gasteiger partial charge < -0.3 is 14.0 Å². The predicted molar refractivity (Wildman–Crippen MR) is 79.8 cm³/mol. The maximum Gasteiger partial charge on any atom is 0.497 e. The van der Waals surface area contributed by atoms with Crippen LogP contribution in [0.15, 0.2) is 18.2 Å². The van der Waals surface area contributed by atoms with Gasteiger partial charge in [-0.05, 0) is 39.8 Å². The summed E-state index contributed by atoms with van der Waals surface area (Å²) < 4.78 is 39.5. The van der Waals surface area contributed by atoms with E-state index in [1.807, 2.05) is 27.7 Å². The van der Waals surface area contributed by atoms with Crippen molar-refractivity contribution in [3.05, 3.63) is 24.0 Å². The second-order valence-electron chi connectivity index (χ2n) is 5.88. The normalized spacial score (nSPS) is 21.8. The second kappa shape index (κ2) is 5.13. The van der Waals surface area contributed by atoms with Crippen LogP contribution < -0.4 is 10.2 Å². The van der Waals surface area contributed by atoms with Crippen LogP contribution in [0.1, 0.15) is 27.7 Å². The molecule has 0 aliphatic carbocycles. The molecule has 2 rings (SSSR count). The van der Waals surface area contributed by atoms with Crippen LogP contribution in [0.25, 0.3) is 0 Å². The van der Waals surface area contributed by atoms with Crippen LogP contribution in [0.3, 0.4) is 0 Å². The fourth-order valence-corrected chi connectivity index (χ4v) is 2.38. The molecule has 1 aliphatic rings. The molecule has 1 unspecified atom stereocenters. The van der Waals surface area contributed by atoms with Gasteiger partial charge in [-0.15, -0.1) is 0 Å². The van der Waals surface area contributed by atoms with Gasteiger partial charge in [-0.2, -0.15) is 0 Å². The number of anilines is 1. The molecule has 1 saturated heterocycles. The highest BCUT2D eigenvalue weighted by Gasteiger charge is 2.52. The van der Waals surface area contributed by atoms with E-state index in [2.05, 4.69) is 4.72 Å². The van der Waals surface area contributed by atoms with E-state index in [0.29, 0.717) is 11.2 Å². The molecule has 1 aliphatic heterocycles. The van der Waals surface area contributed by atoms with Crippen LogP contribution >= 0.6 is 0 Å². The third-order valence-corrected chi connectivity index (χ3v) is 4.29. The molecular formula is C13H19BFNO3S. The van der Waals surface area contributed by atoms with Crippen LogP contribution in [-0.2, 0) is 20.3 Å². The first-order chi connectivity index (χ1) is 9.12. The second-order valence-corrected chi connectivity index (χ2v) is 6.99. The molecule has 0 amide bonds. The first kappa shape index (κ1) is 15.5. The van der Waals surface area contributed by atoms with Gasteiger partial charge in [0.05, 0.1) is 11.2 Å². The standard InChI is InChI=1S/C13H19BFNO3S/c1-12(2)13(3,4)19-14(18-12)10-7-6-9(8-11(10)15)16-20(5)17/h6-8,16H,1-5H3. The minimum absolute atomic E-state index is 0.344. The highest BCUT2D eigenvalue weighted by molar-refractivity contribution is 7.85. The average molecular weight is 299 g/mol. The van der Waals surface area contributed by atoms with Crippen molar-refractivity contribution in [2.45, 2.75) is 38.9 Å². The molecule has 1 fully saturated rings. The Labute approximate surface area is 121 Å². The van der Waals surface area contributed by atoms with E-state index in [1.54, 1.807) is 12.1 Å². The first-order valence-electron chi connectivity index (χ1n) is 6.37. The van der Waals surface area contributed by atoms with E-state index < -0.39 is 35.1 Å². The van der Waals surface area contributed by atoms with Crippen molar-refractivity contribution >= 4 is 29.3 Å². The van der Waals surface area contributed by atoms with Crippen molar-refractivity contribution in [1.29, 1.82) is 0 Å². The van der Waals surface area contributed by atoms with Gasteiger partial charge in [0.25, 0.3) is 0 Å². The Hall–Kier alpha value is -0.915. The SMILES string of the molecule is CS(=O)Nc1ccc(B2OC(C)(C)C(C)(C)O2)c(F)c1. The zero-order valence-corrected chi connectivity index (χ0v) is 13.1. The van der Waals surface area contributed by atoms with E-state index in [4.69, 9.17) is 9.31 Å². The fourth-order valence-electron chi connectivity index (χ4n) is 1.92. The lowest BCUT2D eigenvalue weighted by Crippen LogP contribution is -2.41. The summed E-state index contributed by atoms with van der Waals surface area (Å²) in [5, 5.41) is 0. The number of hydrogen-bond acceptors (Lipinski definition) is 3. The Morgan fingerprint density at radius 3 is 2.20 bits per heavy atom. The van der Waals surface area contributed by atoms with Gasteiger partial charge in [0.2, 0.25) is 0 Å². The van der Waals surface area contributed by atoms with Crippen molar-refractivity contribution in [3.8, 4) is 0 Å². The Morgan fingerprint density at radius 2 is 1.75 bits per heavy atom. The molecule has 20 heavy (non-hydrogen) atoms. The van der Waals surface area contributed by atoms with Crippen LogP contribution in [0, 0.1) is 5.82 Å². The fraction of sp³-hybridized carbons (Fsp3) is 0.538. The topological polar surface area (TPSA) is 47.6 Å². The van der Waals surface area contributed by atoms with E-state index in [1.165, 1.54) is 12.3 Å². The van der Waals surface area contributed by atoms with Crippen LogP contribution in [0.4, 0.5) is 10.1 Å². The molecule has 1 atom stereocenters. The summed E-state index contributed by atoms with van der Waals surface area (Å²) in [6.45, 7) is 7.67. The van der Waals surface area contributed by atoms with Gasteiger partial charge in [0.15, 0.2) is 0 Å². The summed E-state index contributed by atoms with van der Waals surface area (Å²) in [5.74, 6) is -0.445. The molecule has 0 bridgehead atoms. The van der Waals surface area contributed by atoms with Crippen molar-refractivity contribution in [2.75, 3.05) is 11.0 Å². The lowest BCUT2D eigenvalue weighted by Gasteiger charge is -2.32. The molecule has 0 saturated carbocycles. The minimum Gasteiger partial charge on any atom is -0.399 e. The summed E-state index contributed by atoms with van der Waals surface area (Å²) in [7, 11) is -1.97. The Kier molecular flexibility index (Phi) is 3.97. The lowest BCUT2D eigenvalue weighted by molar-refractivity contribution is 0.00578.